The molecule has 1 aliphatic heterocycles. The van der Waals surface area contributed by atoms with Crippen LogP contribution in [0.2, 0.25) is 0 Å². The van der Waals surface area contributed by atoms with E-state index in [1.807, 2.05) is 61.5 Å². The maximum Gasteiger partial charge on any atom is 0.227 e. The van der Waals surface area contributed by atoms with Gasteiger partial charge in [0.25, 0.3) is 0 Å². The molecule has 158 valence electrons. The number of piperidine rings is 1. The number of nitrogens with one attached hydrogen (secondary N) is 3. The number of aliphatic hydroxyl groups is 1. The Balaban J connectivity index is 1.42. The topological polar surface area (TPSA) is 106 Å². The number of H-pyrrole nitrogens is 1. The van der Waals surface area contributed by atoms with Crippen LogP contribution < -0.4 is 10.2 Å². The minimum absolute atomic E-state index is 0.0312. The summed E-state index contributed by atoms with van der Waals surface area (Å²) in [6.07, 6.45) is 1.47. The van der Waals surface area contributed by atoms with Gasteiger partial charge in [0.2, 0.25) is 5.91 Å². The number of hydrogen-bond donors (Lipinski definition) is 4. The lowest BCUT2D eigenvalue weighted by Gasteiger charge is -2.32. The van der Waals surface area contributed by atoms with E-state index in [2.05, 4.69) is 21.4 Å². The van der Waals surface area contributed by atoms with Gasteiger partial charge in [-0.1, -0.05) is 30.3 Å². The van der Waals surface area contributed by atoms with E-state index in [0.717, 1.165) is 47.6 Å². The Morgan fingerprint density at radius 3 is 2.55 bits per heavy atom. The minimum Gasteiger partial charge on any atom is -0.505 e. The zero-order valence-corrected chi connectivity index (χ0v) is 17.4. The monoisotopic (exact) mass is 416 g/mol. The summed E-state index contributed by atoms with van der Waals surface area (Å²) >= 11 is 0. The van der Waals surface area contributed by atoms with E-state index in [1.54, 1.807) is 0 Å². The van der Waals surface area contributed by atoms with Crippen LogP contribution in [0.3, 0.4) is 0 Å². The van der Waals surface area contributed by atoms with Crippen LogP contribution >= 0.6 is 0 Å². The minimum atomic E-state index is -0.263. The molecular weight excluding hydrogens is 390 g/mol. The van der Waals surface area contributed by atoms with Crippen LogP contribution in [-0.4, -0.2) is 40.1 Å². The quantitative estimate of drug-likeness (QED) is 0.379. The van der Waals surface area contributed by atoms with Crippen molar-refractivity contribution in [1.82, 2.24) is 9.97 Å². The molecule has 1 atom stereocenters. The fourth-order valence-corrected chi connectivity index (χ4v) is 4.16. The van der Waals surface area contributed by atoms with Crippen molar-refractivity contribution in [3.05, 3.63) is 66.2 Å². The molecule has 2 heterocycles. The van der Waals surface area contributed by atoms with Crippen molar-refractivity contribution < 1.29 is 14.8 Å². The highest BCUT2D eigenvalue weighted by atomic mass is 16.3. The van der Waals surface area contributed by atoms with Crippen molar-refractivity contribution in [2.24, 2.45) is 5.92 Å². The van der Waals surface area contributed by atoms with Crippen molar-refractivity contribution in [3.63, 3.8) is 0 Å². The van der Waals surface area contributed by atoms with Crippen molar-refractivity contribution in [3.8, 4) is 6.07 Å². The largest absolute Gasteiger partial charge is 0.505 e. The molecule has 2 aromatic carbocycles. The summed E-state index contributed by atoms with van der Waals surface area (Å²) in [6, 6.07) is 18.8. The number of nitriles is 1. The summed E-state index contributed by atoms with van der Waals surface area (Å²) in [7, 11) is 0. The molecule has 1 aliphatic rings. The van der Waals surface area contributed by atoms with Crippen molar-refractivity contribution in [2.75, 3.05) is 18.4 Å². The van der Waals surface area contributed by atoms with Crippen LogP contribution in [0.25, 0.3) is 16.6 Å². The number of carbonyl (C=O) groups excluding carboxylic acids is 1. The van der Waals surface area contributed by atoms with E-state index >= 15 is 0 Å². The number of amides is 1. The van der Waals surface area contributed by atoms with E-state index in [-0.39, 0.29) is 29.2 Å². The first-order valence-corrected chi connectivity index (χ1v) is 10.6. The number of fused-ring (bicyclic) bond motifs is 1. The third-order valence-corrected chi connectivity index (χ3v) is 6.06. The number of imidazole rings is 1. The molecule has 1 saturated heterocycles. The highest BCUT2D eigenvalue weighted by Crippen LogP contribution is 2.20. The molecule has 7 nitrogen and oxygen atoms in total. The summed E-state index contributed by atoms with van der Waals surface area (Å²) < 4.78 is 0. The first-order valence-electron chi connectivity index (χ1n) is 10.6. The summed E-state index contributed by atoms with van der Waals surface area (Å²) in [5.74, 6) is 0.402. The van der Waals surface area contributed by atoms with Crippen molar-refractivity contribution in [2.45, 2.75) is 25.8 Å². The summed E-state index contributed by atoms with van der Waals surface area (Å²) in [5.41, 5.74) is 2.55. The zero-order valence-electron chi connectivity index (χ0n) is 17.4. The Kier molecular flexibility index (Phi) is 6.01. The molecule has 0 unspecified atom stereocenters. The molecule has 4 N–H and O–H groups in total. The molecule has 1 aromatic heterocycles. The predicted octanol–water partition coefficient (Wildman–Crippen LogP) is 2.68. The van der Waals surface area contributed by atoms with Crippen LogP contribution in [0.4, 0.5) is 5.69 Å². The van der Waals surface area contributed by atoms with Gasteiger partial charge in [0.1, 0.15) is 17.7 Å². The Morgan fingerprint density at radius 1 is 1.19 bits per heavy atom. The molecule has 1 amide bonds. The second-order valence-electron chi connectivity index (χ2n) is 7.98. The number of para-hydroxylation sites is 3. The second kappa shape index (κ2) is 9.02. The average Bonchev–Trinajstić information content (AvgIpc) is 3.23. The molecule has 7 heteroatoms. The predicted molar refractivity (Wildman–Crippen MR) is 119 cm³/mol. The number of aromatic amines is 1. The van der Waals surface area contributed by atoms with Crippen molar-refractivity contribution >= 4 is 28.2 Å². The van der Waals surface area contributed by atoms with Gasteiger partial charge in [0.15, 0.2) is 11.6 Å². The number of anilines is 1. The van der Waals surface area contributed by atoms with E-state index in [0.29, 0.717) is 5.82 Å². The molecule has 4 rings (SSSR count). The van der Waals surface area contributed by atoms with Crippen LogP contribution in [-0.2, 0) is 4.79 Å². The molecule has 31 heavy (non-hydrogen) atoms. The van der Waals surface area contributed by atoms with Gasteiger partial charge in [-0.25, -0.2) is 4.98 Å². The molecule has 0 spiro atoms. The Morgan fingerprint density at radius 2 is 1.87 bits per heavy atom. The lowest BCUT2D eigenvalue weighted by molar-refractivity contribution is -0.924. The fraction of sp³-hybridized carbons (Fsp3) is 0.292. The summed E-state index contributed by atoms with van der Waals surface area (Å²) in [5, 5.41) is 23.5. The van der Waals surface area contributed by atoms with E-state index in [4.69, 9.17) is 0 Å². The molecule has 0 saturated carbocycles. The van der Waals surface area contributed by atoms with Crippen molar-refractivity contribution in [1.29, 1.82) is 5.26 Å². The first-order chi connectivity index (χ1) is 15.1. The molecule has 0 aliphatic carbocycles. The SMILES string of the molecule is C[C@@H](/C(O)=C(\C#N)c1nc2ccccc2[nH]1)[NH+]1CCC(C(=O)Nc2ccccc2)CC1. The lowest BCUT2D eigenvalue weighted by atomic mass is 9.94. The zero-order chi connectivity index (χ0) is 21.8. The standard InChI is InChI=1S/C24H25N5O2/c1-16(22(30)19(15-25)23-27-20-9-5-6-10-21(20)28-23)29-13-11-17(12-14-29)24(31)26-18-7-3-2-4-8-18/h2-10,16-17,30H,11-14H2,1H3,(H,26,31)(H,27,28)/p+1/b22-19-/t16-/m0/s1. The Labute approximate surface area is 181 Å². The molecular formula is C24H26N5O2+. The highest BCUT2D eigenvalue weighted by Gasteiger charge is 2.33. The van der Waals surface area contributed by atoms with Gasteiger partial charge in [-0.2, -0.15) is 5.26 Å². The van der Waals surface area contributed by atoms with E-state index in [9.17, 15) is 15.2 Å². The van der Waals surface area contributed by atoms with Gasteiger partial charge in [0.05, 0.1) is 24.1 Å². The molecule has 0 bridgehead atoms. The number of benzene rings is 2. The van der Waals surface area contributed by atoms with Gasteiger partial charge in [0, 0.05) is 24.4 Å². The summed E-state index contributed by atoms with van der Waals surface area (Å²) in [4.78, 5) is 21.3. The summed E-state index contributed by atoms with van der Waals surface area (Å²) in [6.45, 7) is 3.41. The van der Waals surface area contributed by atoms with Gasteiger partial charge in [-0.05, 0) is 31.2 Å². The lowest BCUT2D eigenvalue weighted by Crippen LogP contribution is -3.16. The van der Waals surface area contributed by atoms with Crippen LogP contribution in [0.15, 0.2) is 60.4 Å². The number of rotatable bonds is 5. The molecule has 0 radical (unpaired) electrons. The third-order valence-electron chi connectivity index (χ3n) is 6.06. The third kappa shape index (κ3) is 4.44. The maximum absolute atomic E-state index is 12.6. The van der Waals surface area contributed by atoms with Crippen LogP contribution in [0.5, 0.6) is 0 Å². The molecule has 3 aromatic rings. The van der Waals surface area contributed by atoms with Gasteiger partial charge in [-0.3, -0.25) is 4.79 Å². The van der Waals surface area contributed by atoms with E-state index in [1.165, 1.54) is 0 Å². The number of aliphatic hydroxyl groups excluding tert-OH is 1. The first kappa shape index (κ1) is 20.6. The normalized spacial score (nSPS) is 20.5. The fourth-order valence-electron chi connectivity index (χ4n) is 4.16. The number of aromatic nitrogens is 2. The number of carbonyl (C=O) groups is 1. The van der Waals surface area contributed by atoms with Crippen LogP contribution in [0.1, 0.15) is 25.6 Å². The van der Waals surface area contributed by atoms with Crippen LogP contribution in [0, 0.1) is 17.2 Å². The molecule has 1 fully saturated rings. The number of allylic oxidation sites excluding steroid dienone is 1. The smallest absolute Gasteiger partial charge is 0.227 e. The van der Waals surface area contributed by atoms with Gasteiger partial charge in [-0.15, -0.1) is 0 Å². The van der Waals surface area contributed by atoms with Gasteiger partial charge < -0.3 is 20.3 Å². The van der Waals surface area contributed by atoms with Gasteiger partial charge >= 0.3 is 0 Å². The Bertz CT molecular complexity index is 1100. The second-order valence-corrected chi connectivity index (χ2v) is 7.98. The maximum atomic E-state index is 12.6. The number of nitrogens with zero attached hydrogens (tertiary/aromatic N) is 2. The highest BCUT2D eigenvalue weighted by molar-refractivity contribution is 5.92. The number of hydrogen-bond acceptors (Lipinski definition) is 4. The average molecular weight is 417 g/mol. The van der Waals surface area contributed by atoms with E-state index < -0.39 is 0 Å². The number of quaternary nitrogens is 1. The Hall–Kier alpha value is -3.63. The number of likely N-dealkylation sites (tertiary alicyclic amines) is 1.